The number of aromatic nitrogens is 1. The Morgan fingerprint density at radius 1 is 1.32 bits per heavy atom. The lowest BCUT2D eigenvalue weighted by Crippen LogP contribution is -2.33. The largest absolute Gasteiger partial charge is 0.369 e. The average Bonchev–Trinajstić information content (AvgIpc) is 2.42. The first-order valence-corrected chi connectivity index (χ1v) is 7.56. The SMILES string of the molecule is CCCNCc1cnc(C)cc1N(CC)C(C)CC. The minimum Gasteiger partial charge on any atom is -0.369 e. The fourth-order valence-electron chi connectivity index (χ4n) is 2.32. The first kappa shape index (κ1) is 16.0. The number of hydrogen-bond donors (Lipinski definition) is 1. The molecule has 3 heteroatoms. The third kappa shape index (κ3) is 4.50. The molecular weight excluding hydrogens is 234 g/mol. The van der Waals surface area contributed by atoms with Crippen molar-refractivity contribution in [2.75, 3.05) is 18.0 Å². The monoisotopic (exact) mass is 263 g/mol. The maximum Gasteiger partial charge on any atom is 0.0447 e. The van der Waals surface area contributed by atoms with Gasteiger partial charge in [-0.05, 0) is 46.2 Å². The molecule has 1 rings (SSSR count). The second kappa shape index (κ2) is 8.16. The molecule has 19 heavy (non-hydrogen) atoms. The Bertz CT molecular complexity index is 376. The van der Waals surface area contributed by atoms with Crippen molar-refractivity contribution in [1.29, 1.82) is 0 Å². The zero-order chi connectivity index (χ0) is 14.3. The van der Waals surface area contributed by atoms with Gasteiger partial charge in [-0.25, -0.2) is 0 Å². The molecule has 0 aliphatic carbocycles. The molecule has 108 valence electrons. The summed E-state index contributed by atoms with van der Waals surface area (Å²) >= 11 is 0. The Balaban J connectivity index is 2.97. The normalized spacial score (nSPS) is 12.5. The van der Waals surface area contributed by atoms with Crippen LogP contribution in [0.5, 0.6) is 0 Å². The summed E-state index contributed by atoms with van der Waals surface area (Å²) in [7, 11) is 0. The standard InChI is InChI=1S/C16H29N3/c1-6-9-17-11-15-12-18-13(4)10-16(15)19(8-3)14(5)7-2/h10,12,14,17H,6-9,11H2,1-5H3. The molecule has 0 aliphatic heterocycles. The zero-order valence-corrected chi connectivity index (χ0v) is 13.2. The van der Waals surface area contributed by atoms with Gasteiger partial charge in [-0.3, -0.25) is 4.98 Å². The summed E-state index contributed by atoms with van der Waals surface area (Å²) < 4.78 is 0. The van der Waals surface area contributed by atoms with Crippen LogP contribution in [0.2, 0.25) is 0 Å². The van der Waals surface area contributed by atoms with Crippen LogP contribution in [0.4, 0.5) is 5.69 Å². The molecule has 0 aliphatic rings. The van der Waals surface area contributed by atoms with Gasteiger partial charge in [0.15, 0.2) is 0 Å². The van der Waals surface area contributed by atoms with E-state index >= 15 is 0 Å². The summed E-state index contributed by atoms with van der Waals surface area (Å²) in [4.78, 5) is 6.94. The zero-order valence-electron chi connectivity index (χ0n) is 13.2. The summed E-state index contributed by atoms with van der Waals surface area (Å²) in [6.07, 6.45) is 4.35. The van der Waals surface area contributed by atoms with E-state index < -0.39 is 0 Å². The van der Waals surface area contributed by atoms with Gasteiger partial charge in [0, 0.05) is 42.3 Å². The smallest absolute Gasteiger partial charge is 0.0447 e. The van der Waals surface area contributed by atoms with Crippen molar-refractivity contribution in [3.05, 3.63) is 23.5 Å². The third-order valence-electron chi connectivity index (χ3n) is 3.61. The van der Waals surface area contributed by atoms with Gasteiger partial charge in [-0.2, -0.15) is 0 Å². The van der Waals surface area contributed by atoms with E-state index in [4.69, 9.17) is 0 Å². The van der Waals surface area contributed by atoms with Crippen LogP contribution in [-0.4, -0.2) is 24.1 Å². The lowest BCUT2D eigenvalue weighted by molar-refractivity contribution is 0.619. The summed E-state index contributed by atoms with van der Waals surface area (Å²) in [6, 6.07) is 2.79. The topological polar surface area (TPSA) is 28.2 Å². The lowest BCUT2D eigenvalue weighted by Gasteiger charge is -2.31. The van der Waals surface area contributed by atoms with Crippen LogP contribution < -0.4 is 10.2 Å². The highest BCUT2D eigenvalue weighted by molar-refractivity contribution is 5.54. The average molecular weight is 263 g/mol. The molecule has 1 atom stereocenters. The molecule has 1 aromatic rings. The van der Waals surface area contributed by atoms with E-state index in [1.54, 1.807) is 0 Å². The molecule has 1 aromatic heterocycles. The Kier molecular flexibility index (Phi) is 6.85. The van der Waals surface area contributed by atoms with Gasteiger partial charge >= 0.3 is 0 Å². The third-order valence-corrected chi connectivity index (χ3v) is 3.61. The molecule has 1 unspecified atom stereocenters. The van der Waals surface area contributed by atoms with Crippen molar-refractivity contribution in [3.63, 3.8) is 0 Å². The van der Waals surface area contributed by atoms with Gasteiger partial charge in [0.05, 0.1) is 0 Å². The highest BCUT2D eigenvalue weighted by atomic mass is 15.2. The second-order valence-electron chi connectivity index (χ2n) is 5.17. The second-order valence-corrected chi connectivity index (χ2v) is 5.17. The number of nitrogens with zero attached hydrogens (tertiary/aromatic N) is 2. The first-order chi connectivity index (χ1) is 9.13. The molecule has 0 saturated heterocycles. The number of pyridine rings is 1. The van der Waals surface area contributed by atoms with Crippen LogP contribution in [0, 0.1) is 6.92 Å². The molecule has 0 radical (unpaired) electrons. The van der Waals surface area contributed by atoms with E-state index in [0.717, 1.165) is 38.2 Å². The molecule has 0 saturated carbocycles. The van der Waals surface area contributed by atoms with E-state index in [2.05, 4.69) is 55.9 Å². The first-order valence-electron chi connectivity index (χ1n) is 7.56. The van der Waals surface area contributed by atoms with E-state index in [1.807, 2.05) is 6.20 Å². The van der Waals surface area contributed by atoms with Gasteiger partial charge < -0.3 is 10.2 Å². The van der Waals surface area contributed by atoms with Crippen molar-refractivity contribution in [3.8, 4) is 0 Å². The Morgan fingerprint density at radius 2 is 2.05 bits per heavy atom. The van der Waals surface area contributed by atoms with Crippen molar-refractivity contribution in [2.24, 2.45) is 0 Å². The van der Waals surface area contributed by atoms with Crippen molar-refractivity contribution < 1.29 is 0 Å². The number of nitrogens with one attached hydrogen (secondary N) is 1. The molecule has 1 heterocycles. The van der Waals surface area contributed by atoms with Crippen LogP contribution in [-0.2, 0) is 6.54 Å². The maximum absolute atomic E-state index is 4.45. The molecule has 0 amide bonds. The van der Waals surface area contributed by atoms with Gasteiger partial charge in [-0.15, -0.1) is 0 Å². The minimum atomic E-state index is 0.566. The summed E-state index contributed by atoms with van der Waals surface area (Å²) in [5, 5.41) is 3.48. The van der Waals surface area contributed by atoms with Gasteiger partial charge in [-0.1, -0.05) is 13.8 Å². The lowest BCUT2D eigenvalue weighted by atomic mass is 10.1. The predicted molar refractivity (Wildman–Crippen MR) is 83.7 cm³/mol. The van der Waals surface area contributed by atoms with Crippen LogP contribution in [0.3, 0.4) is 0 Å². The molecule has 1 N–H and O–H groups in total. The highest BCUT2D eigenvalue weighted by Crippen LogP contribution is 2.24. The summed E-state index contributed by atoms with van der Waals surface area (Å²) in [5.74, 6) is 0. The van der Waals surface area contributed by atoms with E-state index in [9.17, 15) is 0 Å². The minimum absolute atomic E-state index is 0.566. The molecular formula is C16H29N3. The molecule has 0 spiro atoms. The Morgan fingerprint density at radius 3 is 2.63 bits per heavy atom. The van der Waals surface area contributed by atoms with Gasteiger partial charge in [0.1, 0.15) is 0 Å². The summed E-state index contributed by atoms with van der Waals surface area (Å²) in [6.45, 7) is 14.0. The van der Waals surface area contributed by atoms with Crippen molar-refractivity contribution in [1.82, 2.24) is 10.3 Å². The number of aryl methyl sites for hydroxylation is 1. The van der Waals surface area contributed by atoms with Crippen LogP contribution in [0.1, 0.15) is 51.8 Å². The molecule has 0 aromatic carbocycles. The van der Waals surface area contributed by atoms with Crippen LogP contribution >= 0.6 is 0 Å². The Labute approximate surface area is 118 Å². The van der Waals surface area contributed by atoms with E-state index in [1.165, 1.54) is 11.3 Å². The maximum atomic E-state index is 4.45. The van der Waals surface area contributed by atoms with Crippen LogP contribution in [0.25, 0.3) is 0 Å². The fourth-order valence-corrected chi connectivity index (χ4v) is 2.32. The highest BCUT2D eigenvalue weighted by Gasteiger charge is 2.15. The molecule has 0 fully saturated rings. The van der Waals surface area contributed by atoms with Crippen LogP contribution in [0.15, 0.2) is 12.3 Å². The number of hydrogen-bond acceptors (Lipinski definition) is 3. The van der Waals surface area contributed by atoms with Gasteiger partial charge in [0.2, 0.25) is 0 Å². The van der Waals surface area contributed by atoms with E-state index in [0.29, 0.717) is 6.04 Å². The van der Waals surface area contributed by atoms with E-state index in [-0.39, 0.29) is 0 Å². The molecule has 0 bridgehead atoms. The predicted octanol–water partition coefficient (Wildman–Crippen LogP) is 3.51. The number of rotatable bonds is 8. The molecule has 3 nitrogen and oxygen atoms in total. The quantitative estimate of drug-likeness (QED) is 0.727. The Hall–Kier alpha value is -1.09. The van der Waals surface area contributed by atoms with Crippen molar-refractivity contribution >= 4 is 5.69 Å². The number of anilines is 1. The fraction of sp³-hybridized carbons (Fsp3) is 0.688. The summed E-state index contributed by atoms with van der Waals surface area (Å²) in [5.41, 5.74) is 3.74. The van der Waals surface area contributed by atoms with Gasteiger partial charge in [0.25, 0.3) is 0 Å². The van der Waals surface area contributed by atoms with Crippen molar-refractivity contribution in [2.45, 2.75) is 60.0 Å².